The van der Waals surface area contributed by atoms with E-state index in [1.807, 2.05) is 72.8 Å². The normalized spacial score (nSPS) is 12.1. The molecule has 3 aromatic carbocycles. The number of rotatable bonds is 12. The molecule has 32 heavy (non-hydrogen) atoms. The lowest BCUT2D eigenvalue weighted by molar-refractivity contribution is -0.152. The predicted octanol–water partition coefficient (Wildman–Crippen LogP) is 5.74. The first kappa shape index (κ1) is 23.3. The van der Waals surface area contributed by atoms with Crippen LogP contribution in [0, 0.1) is 0 Å². The second-order valence-corrected chi connectivity index (χ2v) is 7.67. The van der Waals surface area contributed by atoms with Crippen molar-refractivity contribution in [1.82, 2.24) is 4.90 Å². The number of methoxy groups -OCH3 is 1. The van der Waals surface area contributed by atoms with Crippen molar-refractivity contribution in [2.45, 2.75) is 38.6 Å². The fraction of sp³-hybridized carbons (Fsp3) is 0.250. The Kier molecular flexibility index (Phi) is 9.56. The first-order valence-electron chi connectivity index (χ1n) is 11.0. The molecular formula is C28H31NO3. The summed E-state index contributed by atoms with van der Waals surface area (Å²) in [7, 11) is 1.62. The van der Waals surface area contributed by atoms with E-state index in [0.717, 1.165) is 23.1 Å². The lowest BCUT2D eigenvalue weighted by Gasteiger charge is -2.30. The van der Waals surface area contributed by atoms with E-state index in [0.29, 0.717) is 19.5 Å². The molecule has 0 aliphatic carbocycles. The Hall–Kier alpha value is -3.37. The monoisotopic (exact) mass is 429 g/mol. The molecule has 3 aromatic rings. The zero-order chi connectivity index (χ0) is 22.4. The van der Waals surface area contributed by atoms with Crippen molar-refractivity contribution in [2.24, 2.45) is 0 Å². The Morgan fingerprint density at radius 2 is 1.31 bits per heavy atom. The number of carbonyl (C=O) groups is 1. The SMILES string of the molecule is CO/C=C/CC[C@@H](C(=O)OCc1ccccc1)N(Cc1ccccc1)Cc1ccccc1. The van der Waals surface area contributed by atoms with Gasteiger partial charge in [-0.2, -0.15) is 0 Å². The summed E-state index contributed by atoms with van der Waals surface area (Å²) in [5.74, 6) is -0.202. The number of hydrogen-bond donors (Lipinski definition) is 0. The van der Waals surface area contributed by atoms with Crippen LogP contribution in [0.4, 0.5) is 0 Å². The van der Waals surface area contributed by atoms with Crippen LogP contribution in [0.1, 0.15) is 29.5 Å². The Bertz CT molecular complexity index is 901. The summed E-state index contributed by atoms with van der Waals surface area (Å²) in [6.45, 7) is 1.60. The van der Waals surface area contributed by atoms with Crippen LogP contribution in [0.5, 0.6) is 0 Å². The summed E-state index contributed by atoms with van der Waals surface area (Å²) < 4.78 is 10.8. The van der Waals surface area contributed by atoms with Crippen LogP contribution in [0.2, 0.25) is 0 Å². The molecule has 0 saturated carbocycles. The summed E-state index contributed by atoms with van der Waals surface area (Å²) in [4.78, 5) is 15.5. The van der Waals surface area contributed by atoms with Gasteiger partial charge in [0.15, 0.2) is 0 Å². The number of allylic oxidation sites excluding steroid dienone is 1. The van der Waals surface area contributed by atoms with Gasteiger partial charge >= 0.3 is 5.97 Å². The maximum Gasteiger partial charge on any atom is 0.323 e. The maximum atomic E-state index is 13.3. The summed E-state index contributed by atoms with van der Waals surface area (Å²) in [5.41, 5.74) is 3.31. The smallest absolute Gasteiger partial charge is 0.323 e. The van der Waals surface area contributed by atoms with Crippen LogP contribution in [-0.4, -0.2) is 24.0 Å². The molecule has 0 saturated heterocycles. The number of nitrogens with zero attached hydrogens (tertiary/aromatic N) is 1. The topological polar surface area (TPSA) is 38.8 Å². The number of ether oxygens (including phenoxy) is 2. The molecule has 1 atom stereocenters. The minimum Gasteiger partial charge on any atom is -0.505 e. The van der Waals surface area contributed by atoms with E-state index >= 15 is 0 Å². The second kappa shape index (κ2) is 13.1. The standard InChI is InChI=1S/C28H31NO3/c1-31-20-12-11-19-27(28(30)32-23-26-17-9-4-10-18-26)29(21-24-13-5-2-6-14-24)22-25-15-7-3-8-16-25/h2-10,12-18,20,27H,11,19,21-23H2,1H3/b20-12+/t27-/m0/s1. The molecular weight excluding hydrogens is 398 g/mol. The van der Waals surface area contributed by atoms with E-state index in [-0.39, 0.29) is 18.6 Å². The molecule has 3 rings (SSSR count). The van der Waals surface area contributed by atoms with Crippen LogP contribution in [-0.2, 0) is 34.0 Å². The zero-order valence-electron chi connectivity index (χ0n) is 18.6. The minimum atomic E-state index is -0.374. The Morgan fingerprint density at radius 1 is 0.812 bits per heavy atom. The van der Waals surface area contributed by atoms with E-state index < -0.39 is 0 Å². The molecule has 0 unspecified atom stereocenters. The number of carbonyl (C=O) groups excluding carboxylic acids is 1. The van der Waals surface area contributed by atoms with Crippen LogP contribution in [0.15, 0.2) is 103 Å². The fourth-order valence-electron chi connectivity index (χ4n) is 3.60. The van der Waals surface area contributed by atoms with Crippen molar-refractivity contribution in [1.29, 1.82) is 0 Å². The minimum absolute atomic E-state index is 0.202. The van der Waals surface area contributed by atoms with E-state index in [9.17, 15) is 4.79 Å². The summed E-state index contributed by atoms with van der Waals surface area (Å²) >= 11 is 0. The van der Waals surface area contributed by atoms with Gasteiger partial charge in [0, 0.05) is 13.1 Å². The maximum absolute atomic E-state index is 13.3. The molecule has 0 fully saturated rings. The Morgan fingerprint density at radius 3 is 1.81 bits per heavy atom. The Labute approximate surface area is 191 Å². The predicted molar refractivity (Wildman–Crippen MR) is 128 cm³/mol. The van der Waals surface area contributed by atoms with E-state index in [1.54, 1.807) is 13.4 Å². The molecule has 0 spiro atoms. The third-order valence-electron chi connectivity index (χ3n) is 5.23. The van der Waals surface area contributed by atoms with E-state index in [4.69, 9.17) is 9.47 Å². The van der Waals surface area contributed by atoms with Gasteiger partial charge in [0.25, 0.3) is 0 Å². The van der Waals surface area contributed by atoms with Crippen LogP contribution < -0.4 is 0 Å². The van der Waals surface area contributed by atoms with Crippen LogP contribution in [0.25, 0.3) is 0 Å². The zero-order valence-corrected chi connectivity index (χ0v) is 18.6. The summed E-state index contributed by atoms with van der Waals surface area (Å²) in [6.07, 6.45) is 4.97. The third kappa shape index (κ3) is 7.71. The lowest BCUT2D eigenvalue weighted by Crippen LogP contribution is -2.41. The van der Waals surface area contributed by atoms with Gasteiger partial charge in [0.05, 0.1) is 13.4 Å². The molecule has 0 radical (unpaired) electrons. The highest BCUT2D eigenvalue weighted by molar-refractivity contribution is 5.75. The van der Waals surface area contributed by atoms with Gasteiger partial charge in [0.2, 0.25) is 0 Å². The molecule has 0 heterocycles. The molecule has 0 N–H and O–H groups in total. The molecule has 4 heteroatoms. The van der Waals surface area contributed by atoms with Crippen LogP contribution in [0.3, 0.4) is 0 Å². The molecule has 166 valence electrons. The van der Waals surface area contributed by atoms with Gasteiger partial charge in [-0.1, -0.05) is 91.0 Å². The van der Waals surface area contributed by atoms with Crippen molar-refractivity contribution in [3.05, 3.63) is 120 Å². The van der Waals surface area contributed by atoms with Crippen molar-refractivity contribution in [2.75, 3.05) is 7.11 Å². The summed E-state index contributed by atoms with van der Waals surface area (Å²) in [6, 6.07) is 29.9. The van der Waals surface area contributed by atoms with Crippen molar-refractivity contribution in [3.63, 3.8) is 0 Å². The second-order valence-electron chi connectivity index (χ2n) is 7.67. The molecule has 0 bridgehead atoms. The Balaban J connectivity index is 1.80. The van der Waals surface area contributed by atoms with Gasteiger partial charge in [-0.05, 0) is 35.6 Å². The average molecular weight is 430 g/mol. The fourth-order valence-corrected chi connectivity index (χ4v) is 3.60. The molecule has 0 aromatic heterocycles. The van der Waals surface area contributed by atoms with E-state index in [2.05, 4.69) is 29.2 Å². The van der Waals surface area contributed by atoms with Gasteiger partial charge in [0.1, 0.15) is 12.6 Å². The first-order valence-corrected chi connectivity index (χ1v) is 11.0. The largest absolute Gasteiger partial charge is 0.505 e. The number of esters is 1. The highest BCUT2D eigenvalue weighted by atomic mass is 16.5. The van der Waals surface area contributed by atoms with Gasteiger partial charge in [-0.15, -0.1) is 0 Å². The highest BCUT2D eigenvalue weighted by Crippen LogP contribution is 2.19. The average Bonchev–Trinajstić information content (AvgIpc) is 2.84. The quantitative estimate of drug-likeness (QED) is 0.272. The van der Waals surface area contributed by atoms with Crippen molar-refractivity contribution in [3.8, 4) is 0 Å². The molecule has 0 aliphatic rings. The van der Waals surface area contributed by atoms with E-state index in [1.165, 1.54) is 0 Å². The summed E-state index contributed by atoms with van der Waals surface area (Å²) in [5, 5.41) is 0. The number of benzene rings is 3. The van der Waals surface area contributed by atoms with Gasteiger partial charge in [-0.25, -0.2) is 0 Å². The van der Waals surface area contributed by atoms with Crippen LogP contribution >= 0.6 is 0 Å². The highest BCUT2D eigenvalue weighted by Gasteiger charge is 2.27. The van der Waals surface area contributed by atoms with Crippen molar-refractivity contribution < 1.29 is 14.3 Å². The van der Waals surface area contributed by atoms with Gasteiger partial charge in [-0.3, -0.25) is 9.69 Å². The number of hydrogen-bond acceptors (Lipinski definition) is 4. The van der Waals surface area contributed by atoms with Crippen molar-refractivity contribution >= 4 is 5.97 Å². The molecule has 4 nitrogen and oxygen atoms in total. The molecule has 0 amide bonds. The first-order chi connectivity index (χ1) is 15.8. The third-order valence-corrected chi connectivity index (χ3v) is 5.23. The molecule has 0 aliphatic heterocycles. The van der Waals surface area contributed by atoms with Gasteiger partial charge < -0.3 is 9.47 Å². The lowest BCUT2D eigenvalue weighted by atomic mass is 10.1.